The number of carbonyl (C=O) groups excluding carboxylic acids is 2. The van der Waals surface area contributed by atoms with Crippen molar-refractivity contribution in [1.29, 1.82) is 0 Å². The first kappa shape index (κ1) is 15.5. The van der Waals surface area contributed by atoms with Gasteiger partial charge in [0.15, 0.2) is 0 Å². The number of piperidine rings is 1. The summed E-state index contributed by atoms with van der Waals surface area (Å²) in [6, 6.07) is 10.0. The second-order valence-corrected chi connectivity index (χ2v) is 5.42. The lowest BCUT2D eigenvalue weighted by atomic mass is 9.97. The van der Waals surface area contributed by atoms with Crippen LogP contribution in [0, 0.1) is 5.92 Å². The van der Waals surface area contributed by atoms with E-state index in [1.54, 1.807) is 0 Å². The molecule has 0 radical (unpaired) electrons. The van der Waals surface area contributed by atoms with Gasteiger partial charge in [-0.1, -0.05) is 30.3 Å². The second kappa shape index (κ2) is 7.81. The van der Waals surface area contributed by atoms with Crippen molar-refractivity contribution in [2.24, 2.45) is 5.92 Å². The maximum absolute atomic E-state index is 12.3. The fourth-order valence-electron chi connectivity index (χ4n) is 2.71. The van der Waals surface area contributed by atoms with E-state index in [1.807, 2.05) is 42.2 Å². The van der Waals surface area contributed by atoms with Crippen molar-refractivity contribution in [2.45, 2.75) is 32.6 Å². The Kier molecular flexibility index (Phi) is 5.78. The number of hydrogen-bond acceptors (Lipinski definition) is 3. The molecule has 0 bridgehead atoms. The summed E-state index contributed by atoms with van der Waals surface area (Å²) in [5.74, 6) is -0.190. The van der Waals surface area contributed by atoms with Crippen LogP contribution >= 0.6 is 0 Å². The van der Waals surface area contributed by atoms with Gasteiger partial charge < -0.3 is 9.64 Å². The molecule has 1 heterocycles. The van der Waals surface area contributed by atoms with Crippen molar-refractivity contribution < 1.29 is 14.3 Å². The molecule has 1 atom stereocenters. The van der Waals surface area contributed by atoms with Crippen LogP contribution in [0.3, 0.4) is 0 Å². The molecule has 21 heavy (non-hydrogen) atoms. The van der Waals surface area contributed by atoms with Crippen molar-refractivity contribution in [3.8, 4) is 0 Å². The van der Waals surface area contributed by atoms with Gasteiger partial charge in [-0.3, -0.25) is 9.59 Å². The van der Waals surface area contributed by atoms with Crippen LogP contribution in [0.5, 0.6) is 0 Å². The third kappa shape index (κ3) is 4.59. The highest BCUT2D eigenvalue weighted by molar-refractivity contribution is 5.78. The van der Waals surface area contributed by atoms with Gasteiger partial charge in [0, 0.05) is 19.5 Å². The van der Waals surface area contributed by atoms with Crippen molar-refractivity contribution >= 4 is 11.9 Å². The average molecular weight is 289 g/mol. The van der Waals surface area contributed by atoms with Crippen LogP contribution in [0.4, 0.5) is 0 Å². The van der Waals surface area contributed by atoms with Crippen LogP contribution in [-0.4, -0.2) is 36.5 Å². The molecule has 0 saturated carbocycles. The molecular weight excluding hydrogens is 266 g/mol. The Bertz CT molecular complexity index is 472. The second-order valence-electron chi connectivity index (χ2n) is 5.42. The van der Waals surface area contributed by atoms with Crippen molar-refractivity contribution in [3.05, 3.63) is 35.9 Å². The van der Waals surface area contributed by atoms with E-state index in [2.05, 4.69) is 0 Å². The molecule has 4 nitrogen and oxygen atoms in total. The molecule has 1 aliphatic heterocycles. The fraction of sp³-hybridized carbons (Fsp3) is 0.529. The summed E-state index contributed by atoms with van der Waals surface area (Å²) in [7, 11) is 0. The molecule has 0 N–H and O–H groups in total. The molecule has 0 spiro atoms. The molecular formula is C17H23NO3. The zero-order valence-electron chi connectivity index (χ0n) is 12.6. The molecule has 1 aromatic carbocycles. The summed E-state index contributed by atoms with van der Waals surface area (Å²) >= 11 is 0. The number of carbonyl (C=O) groups is 2. The maximum atomic E-state index is 12.3. The largest absolute Gasteiger partial charge is 0.466 e. The number of amides is 1. The molecule has 0 unspecified atom stereocenters. The summed E-state index contributed by atoms with van der Waals surface area (Å²) in [5.41, 5.74) is 1.17. The van der Waals surface area contributed by atoms with Crippen molar-refractivity contribution in [1.82, 2.24) is 4.90 Å². The van der Waals surface area contributed by atoms with Crippen molar-refractivity contribution in [3.63, 3.8) is 0 Å². The molecule has 4 heteroatoms. The van der Waals surface area contributed by atoms with E-state index in [0.29, 0.717) is 19.6 Å². The monoisotopic (exact) mass is 289 g/mol. The van der Waals surface area contributed by atoms with E-state index in [-0.39, 0.29) is 17.8 Å². The first-order valence-corrected chi connectivity index (χ1v) is 7.69. The molecule has 2 rings (SSSR count). The average Bonchev–Trinajstić information content (AvgIpc) is 2.54. The predicted octanol–water partition coefficient (Wildman–Crippen LogP) is 2.42. The van der Waals surface area contributed by atoms with Gasteiger partial charge in [0.2, 0.25) is 5.91 Å². The lowest BCUT2D eigenvalue weighted by molar-refractivity contribution is -0.151. The maximum Gasteiger partial charge on any atom is 0.310 e. The smallest absolute Gasteiger partial charge is 0.310 e. The van der Waals surface area contributed by atoms with Crippen LogP contribution < -0.4 is 0 Å². The third-order valence-corrected chi connectivity index (χ3v) is 3.86. The molecule has 1 saturated heterocycles. The van der Waals surface area contributed by atoms with E-state index in [0.717, 1.165) is 25.8 Å². The highest BCUT2D eigenvalue weighted by Crippen LogP contribution is 2.19. The number of rotatable bonds is 5. The van der Waals surface area contributed by atoms with Gasteiger partial charge >= 0.3 is 5.97 Å². The zero-order chi connectivity index (χ0) is 15.1. The van der Waals surface area contributed by atoms with Gasteiger partial charge in [0.1, 0.15) is 0 Å². The summed E-state index contributed by atoms with van der Waals surface area (Å²) in [6.07, 6.45) is 2.95. The number of aryl methyl sites for hydroxylation is 1. The van der Waals surface area contributed by atoms with E-state index < -0.39 is 0 Å². The summed E-state index contributed by atoms with van der Waals surface area (Å²) in [5, 5.41) is 0. The van der Waals surface area contributed by atoms with E-state index in [4.69, 9.17) is 4.74 Å². The molecule has 114 valence electrons. The Hall–Kier alpha value is -1.84. The predicted molar refractivity (Wildman–Crippen MR) is 80.7 cm³/mol. The molecule has 1 aromatic rings. The first-order chi connectivity index (χ1) is 10.2. The number of nitrogens with zero attached hydrogens (tertiary/aromatic N) is 1. The molecule has 1 fully saturated rings. The minimum absolute atomic E-state index is 0.132. The van der Waals surface area contributed by atoms with E-state index >= 15 is 0 Å². The Morgan fingerprint density at radius 1 is 1.29 bits per heavy atom. The van der Waals surface area contributed by atoms with Gasteiger partial charge in [0.25, 0.3) is 0 Å². The third-order valence-electron chi connectivity index (χ3n) is 3.86. The number of ether oxygens (including phenoxy) is 1. The van der Waals surface area contributed by atoms with E-state index in [1.165, 1.54) is 5.56 Å². The SMILES string of the molecule is CCOC(=O)[C@@H]1CCCN(C(=O)CCc2ccccc2)C1. The van der Waals surface area contributed by atoms with Gasteiger partial charge in [-0.15, -0.1) is 0 Å². The van der Waals surface area contributed by atoms with Crippen LogP contribution in [0.15, 0.2) is 30.3 Å². The van der Waals surface area contributed by atoms with Crippen LogP contribution in [0.25, 0.3) is 0 Å². The minimum atomic E-state index is -0.168. The Morgan fingerprint density at radius 2 is 2.05 bits per heavy atom. The quantitative estimate of drug-likeness (QED) is 0.782. The lowest BCUT2D eigenvalue weighted by Crippen LogP contribution is -2.42. The highest BCUT2D eigenvalue weighted by Gasteiger charge is 2.28. The Labute approximate surface area is 126 Å². The molecule has 1 aliphatic rings. The summed E-state index contributed by atoms with van der Waals surface area (Å²) in [4.78, 5) is 25.9. The number of benzene rings is 1. The number of likely N-dealkylation sites (tertiary alicyclic amines) is 1. The normalized spacial score (nSPS) is 18.3. The number of hydrogen-bond donors (Lipinski definition) is 0. The summed E-state index contributed by atoms with van der Waals surface area (Å²) < 4.78 is 5.06. The minimum Gasteiger partial charge on any atom is -0.466 e. The van der Waals surface area contributed by atoms with Crippen LogP contribution in [0.2, 0.25) is 0 Å². The van der Waals surface area contributed by atoms with Gasteiger partial charge in [0.05, 0.1) is 12.5 Å². The topological polar surface area (TPSA) is 46.6 Å². The first-order valence-electron chi connectivity index (χ1n) is 7.69. The highest BCUT2D eigenvalue weighted by atomic mass is 16.5. The number of esters is 1. The summed E-state index contributed by atoms with van der Waals surface area (Å²) in [6.45, 7) is 3.47. The lowest BCUT2D eigenvalue weighted by Gasteiger charge is -2.31. The van der Waals surface area contributed by atoms with E-state index in [9.17, 15) is 9.59 Å². The van der Waals surface area contributed by atoms with Gasteiger partial charge in [-0.2, -0.15) is 0 Å². The van der Waals surface area contributed by atoms with Crippen LogP contribution in [0.1, 0.15) is 31.7 Å². The zero-order valence-corrected chi connectivity index (χ0v) is 12.6. The Balaban J connectivity index is 1.83. The van der Waals surface area contributed by atoms with Gasteiger partial charge in [-0.25, -0.2) is 0 Å². The fourth-order valence-corrected chi connectivity index (χ4v) is 2.71. The molecule has 1 amide bonds. The molecule has 0 aliphatic carbocycles. The van der Waals surface area contributed by atoms with Crippen molar-refractivity contribution in [2.75, 3.05) is 19.7 Å². The van der Waals surface area contributed by atoms with Gasteiger partial charge in [-0.05, 0) is 31.7 Å². The molecule has 0 aromatic heterocycles. The Morgan fingerprint density at radius 3 is 2.76 bits per heavy atom. The van der Waals surface area contributed by atoms with Crippen LogP contribution in [-0.2, 0) is 20.7 Å². The standard InChI is InChI=1S/C17H23NO3/c1-2-21-17(20)15-9-6-12-18(13-15)16(19)11-10-14-7-4-3-5-8-14/h3-5,7-8,15H,2,6,9-13H2,1H3/t15-/m1/s1.